The van der Waals surface area contributed by atoms with Crippen LogP contribution in [0.15, 0.2) is 58.5 Å². The van der Waals surface area contributed by atoms with Gasteiger partial charge in [0.25, 0.3) is 22.2 Å². The van der Waals surface area contributed by atoms with Gasteiger partial charge in [-0.15, -0.1) is 0 Å². The first-order chi connectivity index (χ1) is 46.5. The van der Waals surface area contributed by atoms with Crippen LogP contribution in [0.1, 0.15) is 74.7 Å². The van der Waals surface area contributed by atoms with E-state index in [1.807, 2.05) is 0 Å². The third-order valence-electron chi connectivity index (χ3n) is 15.3. The Labute approximate surface area is 583 Å². The predicted octanol–water partition coefficient (Wildman–Crippen LogP) is 0.447. The Morgan fingerprint density at radius 1 is 0.596 bits per heavy atom. The van der Waals surface area contributed by atoms with Crippen molar-refractivity contribution in [2.45, 2.75) is 146 Å². The van der Waals surface area contributed by atoms with E-state index < -0.39 is 191 Å². The maximum absolute atomic E-state index is 14.1. The molecule has 0 spiro atoms. The van der Waals surface area contributed by atoms with Gasteiger partial charge in [-0.2, -0.15) is 4.98 Å². The molecule has 11 N–H and O–H groups in total. The number of hydrogen-bond donors (Lipinski definition) is 10. The van der Waals surface area contributed by atoms with Gasteiger partial charge < -0.3 is 95.0 Å². The minimum Gasteiger partial charge on any atom is -0.396 e. The van der Waals surface area contributed by atoms with Gasteiger partial charge in [-0.25, -0.2) is 23.9 Å². The summed E-state index contributed by atoms with van der Waals surface area (Å²) in [6.45, 7) is -18.0. The van der Waals surface area contributed by atoms with Crippen molar-refractivity contribution in [2.75, 3.05) is 65.9 Å². The highest BCUT2D eigenvalue weighted by atomic mass is 32.7. The fourth-order valence-corrected chi connectivity index (χ4v) is 19.0. The van der Waals surface area contributed by atoms with Gasteiger partial charge in [0.15, 0.2) is 23.6 Å². The minimum absolute atomic E-state index is 0.0114. The number of hydrogen-bond acceptors (Lipinski definition) is 33. The second-order valence-electron chi connectivity index (χ2n) is 22.7. The fraction of sp³-hybridized carbons (Fsp3) is 0.653. The molecule has 0 bridgehead atoms. The summed E-state index contributed by atoms with van der Waals surface area (Å²) in [5.41, 5.74) is 0.267. The second kappa shape index (κ2) is 32.9. The van der Waals surface area contributed by atoms with Gasteiger partial charge >= 0.3 is 50.7 Å². The van der Waals surface area contributed by atoms with Gasteiger partial charge in [-0.05, 0) is 106 Å². The molecule has 4 fully saturated rings. The smallest absolute Gasteiger partial charge is 0.389 e. The van der Waals surface area contributed by atoms with Crippen LogP contribution in [0.2, 0.25) is 0 Å². The molecule has 0 aromatic carbocycles. The number of aromatic nitrogens is 10. The maximum Gasteiger partial charge on any atom is 0.389 e. The Bertz CT molecular complexity index is 4440. The third kappa shape index (κ3) is 19.5. The highest BCUT2D eigenvalue weighted by Crippen LogP contribution is 2.62. The van der Waals surface area contributed by atoms with Gasteiger partial charge in [0, 0.05) is 68.9 Å². The lowest BCUT2D eigenvalue weighted by atomic mass is 10.1. The second-order valence-corrected chi connectivity index (χ2v) is 38.0. The van der Waals surface area contributed by atoms with Crippen LogP contribution in [0, 0.1) is 20.8 Å². The molecule has 99 heavy (non-hydrogen) atoms. The average Bonchev–Trinajstić information content (AvgIpc) is 1.65. The Morgan fingerprint density at radius 3 is 1.47 bits per heavy atom. The van der Waals surface area contributed by atoms with Crippen molar-refractivity contribution in [3.63, 3.8) is 0 Å². The van der Waals surface area contributed by atoms with Crippen LogP contribution < -0.4 is 45.0 Å². The van der Waals surface area contributed by atoms with Crippen molar-refractivity contribution in [3.8, 4) is 0 Å². The van der Waals surface area contributed by atoms with Crippen molar-refractivity contribution in [1.29, 1.82) is 0 Å². The number of rotatable bonds is 33. The molecule has 9 rings (SSSR count). The minimum atomic E-state index is -4.73. The Hall–Kier alpha value is -3.47. The molecule has 7 unspecified atom stereocenters. The third-order valence-corrected chi connectivity index (χ3v) is 25.1. The Morgan fingerprint density at radius 2 is 1.02 bits per heavy atom. The Balaban J connectivity index is 0.957. The van der Waals surface area contributed by atoms with Crippen LogP contribution in [0.4, 0.5) is 5.95 Å². The molecule has 4 aliphatic rings. The number of nitrogen functional groups attached to an aromatic ring is 1. The van der Waals surface area contributed by atoms with Crippen molar-refractivity contribution in [2.24, 2.45) is 0 Å². The quantitative estimate of drug-likeness (QED) is 0.0201. The number of methoxy groups -OCH3 is 2. The summed E-state index contributed by atoms with van der Waals surface area (Å²) in [6.07, 6.45) is -14.5. The molecule has 19 atom stereocenters. The van der Waals surface area contributed by atoms with Crippen LogP contribution in [0.5, 0.6) is 0 Å². The number of aromatic amines is 4. The van der Waals surface area contributed by atoms with E-state index in [9.17, 15) is 62.8 Å². The number of H-pyrrole nitrogens is 4. The number of nitrogens with zero attached hydrogens (tertiary/aromatic N) is 6. The van der Waals surface area contributed by atoms with Crippen LogP contribution in [-0.2, 0) is 125 Å². The SMILES string of the molecule is COC1[C@@H](OP(=O)(OCCCO)SC)[C@@H](COP(O)(=S)O[C@@H]2C(OC)[C@H](n3cc(C)c(=O)[nH]c3=O)O[C@@H]2COP(O)(=S)O[C@@H]2C[C@H](n3cc(C)c(=O)[nH]c3=O)O[C@@H]2COP(O)(=S)O[C@@H]2C[C@H](n3cnc4c(=O)[nH]c(N)nc43)O[C@@H]2COP(O)(=S)OC(C)C)O[C@H]1n1cc(C)c(=O)[nH]c1=O. The first kappa shape index (κ1) is 79.6. The molecule has 0 radical (unpaired) electrons. The molecule has 50 heteroatoms. The summed E-state index contributed by atoms with van der Waals surface area (Å²) in [7, 11) is 2.39. The first-order valence-electron chi connectivity index (χ1n) is 29.6. The molecule has 0 aliphatic carbocycles. The maximum atomic E-state index is 14.1. The van der Waals surface area contributed by atoms with Crippen LogP contribution in [-0.4, -0.2) is 200 Å². The summed E-state index contributed by atoms with van der Waals surface area (Å²) < 4.78 is 114. The highest BCUT2D eigenvalue weighted by molar-refractivity contribution is 8.54. The summed E-state index contributed by atoms with van der Waals surface area (Å²) in [5, 5.41) is 9.42. The molecular formula is C49H72N11O29P5S5. The summed E-state index contributed by atoms with van der Waals surface area (Å²) in [6, 6.07) is 0. The number of nitrogens with two attached hydrogens (primary N) is 1. The van der Waals surface area contributed by atoms with E-state index in [1.165, 1.54) is 64.5 Å². The number of aliphatic hydroxyl groups is 1. The van der Waals surface area contributed by atoms with E-state index >= 15 is 0 Å². The lowest BCUT2D eigenvalue weighted by molar-refractivity contribution is -0.0639. The first-order valence-corrected chi connectivity index (χ1v) is 43.3. The highest BCUT2D eigenvalue weighted by Gasteiger charge is 2.54. The van der Waals surface area contributed by atoms with E-state index in [0.29, 0.717) is 11.4 Å². The van der Waals surface area contributed by atoms with Crippen LogP contribution in [0.25, 0.3) is 11.2 Å². The van der Waals surface area contributed by atoms with E-state index in [-0.39, 0.29) is 66.3 Å². The lowest BCUT2D eigenvalue weighted by Gasteiger charge is -2.30. The molecule has 40 nitrogen and oxygen atoms in total. The van der Waals surface area contributed by atoms with Gasteiger partial charge in [0.05, 0.1) is 57.7 Å². The van der Waals surface area contributed by atoms with Crippen LogP contribution >= 0.6 is 45.1 Å². The number of aryl methyl sites for hydroxylation is 3. The molecule has 0 saturated carbocycles. The molecule has 552 valence electrons. The zero-order valence-electron chi connectivity index (χ0n) is 53.4. The number of nitrogens with one attached hydrogen (secondary N) is 4. The monoisotopic (exact) mass is 1590 g/mol. The largest absolute Gasteiger partial charge is 0.396 e. The van der Waals surface area contributed by atoms with E-state index in [2.05, 4.69) is 29.9 Å². The predicted molar refractivity (Wildman–Crippen MR) is 362 cm³/mol. The van der Waals surface area contributed by atoms with Gasteiger partial charge in [0.1, 0.15) is 61.3 Å². The topological polar surface area (TPSA) is 520 Å². The van der Waals surface area contributed by atoms with Gasteiger partial charge in [-0.1, -0.05) is 0 Å². The molecule has 4 aliphatic heterocycles. The zero-order valence-corrected chi connectivity index (χ0v) is 62.0. The molecule has 5 aromatic heterocycles. The molecule has 4 saturated heterocycles. The number of fused-ring (bicyclic) bond motifs is 1. The van der Waals surface area contributed by atoms with Crippen molar-refractivity contribution in [3.05, 3.63) is 114 Å². The molecular weight excluding hydrogens is 1520 g/mol. The molecule has 0 amide bonds. The average molecular weight is 1590 g/mol. The molecule has 5 aromatic rings. The van der Waals surface area contributed by atoms with E-state index in [0.717, 1.165) is 19.9 Å². The van der Waals surface area contributed by atoms with E-state index in [4.69, 9.17) is 127 Å². The number of imidazole rings is 1. The zero-order chi connectivity index (χ0) is 72.4. The van der Waals surface area contributed by atoms with Gasteiger partial charge in [0.2, 0.25) is 5.95 Å². The number of anilines is 1. The molecule has 9 heterocycles. The van der Waals surface area contributed by atoms with Crippen LogP contribution in [0.3, 0.4) is 0 Å². The van der Waals surface area contributed by atoms with Crippen molar-refractivity contribution >= 4 is 109 Å². The summed E-state index contributed by atoms with van der Waals surface area (Å²) in [4.78, 5) is 154. The summed E-state index contributed by atoms with van der Waals surface area (Å²) in [5.74, 6) is -0.239. The summed E-state index contributed by atoms with van der Waals surface area (Å²) >= 11 is 22.5. The lowest BCUT2D eigenvalue weighted by Crippen LogP contribution is -2.41. The normalized spacial score (nSPS) is 28.8. The standard InChI is InChI=1S/C49H72N11O29P5S5/c1-22(2)85-90(69,95)77-17-29-27(13-33(82-29)60-21-51-34-39(60)52-46(50)53-43(34)65)87-91(70,96)78-18-28-26(12-32(81-28)57-14-23(3)40(62)54-47(57)66)86-92(71,97)79-19-30-35(37(74-6)44(83-30)58-15-24(4)41(63)55-48(58)67)88-93(72,98)80-20-31-36(89-94(73,99-8)76-11-9-10-61)38(75-7)45(84-31)59-16-25(5)42(64)56-49(59)68/h14-16,21-22,26-33,35-38,44-45,61H,9-13,17-20H2,1-8H3,(H,69,95)(H,70,96)(H,71,97)(H,72,98)(H,54,62,66)(H,55,63,67)(H,56,64,68)(H3,50,52,53,65)/t26-,27-,28-,29-,30-,31-,32-,33-,35+,36+,37?,38?,44-,45-,90?,91?,92?,93?,94?/m1/s1. The number of aliphatic hydroxyl groups excluding tert-OH is 1. The van der Waals surface area contributed by atoms with Gasteiger partial charge in [-0.3, -0.25) is 66.4 Å². The van der Waals surface area contributed by atoms with Crippen molar-refractivity contribution < 1.29 is 103 Å². The van der Waals surface area contributed by atoms with Crippen molar-refractivity contribution in [1.82, 2.24) is 48.2 Å². The fourth-order valence-electron chi connectivity index (χ4n) is 10.7. The Kier molecular flexibility index (Phi) is 26.5. The number of ether oxygens (including phenoxy) is 6. The van der Waals surface area contributed by atoms with E-state index in [1.54, 1.807) is 13.8 Å².